The van der Waals surface area contributed by atoms with Crippen molar-refractivity contribution in [3.05, 3.63) is 0 Å². The van der Waals surface area contributed by atoms with Gasteiger partial charge in [-0.2, -0.15) is 0 Å². The highest BCUT2D eigenvalue weighted by Gasteiger charge is 2.77. The van der Waals surface area contributed by atoms with Crippen LogP contribution in [0.4, 0.5) is 0 Å². The van der Waals surface area contributed by atoms with E-state index in [-0.39, 0.29) is 17.7 Å². The molecule has 2 aliphatic heterocycles. The zero-order valence-electron chi connectivity index (χ0n) is 11.4. The molecule has 0 amide bonds. The van der Waals surface area contributed by atoms with Gasteiger partial charge in [0.25, 0.3) is 0 Å². The predicted molar refractivity (Wildman–Crippen MR) is 69.6 cm³/mol. The zero-order chi connectivity index (χ0) is 12.8. The number of unbranched alkanes of at least 4 members (excludes halogenated alkanes) is 1. The van der Waals surface area contributed by atoms with Crippen LogP contribution >= 0.6 is 0 Å². The molecule has 3 rings (SSSR count). The Bertz CT molecular complexity index is 311. The highest BCUT2D eigenvalue weighted by Crippen LogP contribution is 2.64. The summed E-state index contributed by atoms with van der Waals surface area (Å²) in [7, 11) is 6.01. The Morgan fingerprint density at radius 1 is 1.22 bits per heavy atom. The lowest BCUT2D eigenvalue weighted by atomic mass is 9.53. The molecule has 2 saturated heterocycles. The summed E-state index contributed by atoms with van der Waals surface area (Å²) in [5.74, 6) is 0.976. The molecule has 5 unspecified atom stereocenters. The molecule has 0 N–H and O–H groups in total. The monoisotopic (exact) mass is 250 g/mol. The van der Waals surface area contributed by atoms with E-state index in [1.807, 2.05) is 0 Å². The molecule has 1 saturated carbocycles. The van der Waals surface area contributed by atoms with Crippen LogP contribution in [0.2, 0.25) is 0 Å². The van der Waals surface area contributed by atoms with Gasteiger partial charge < -0.3 is 14.2 Å². The Morgan fingerprint density at radius 3 is 2.78 bits per heavy atom. The van der Waals surface area contributed by atoms with Crippen LogP contribution in [-0.2, 0) is 14.2 Å². The summed E-state index contributed by atoms with van der Waals surface area (Å²) in [6.45, 7) is 5.92. The van der Waals surface area contributed by atoms with Gasteiger partial charge in [-0.15, -0.1) is 0 Å². The maximum atomic E-state index is 6.07. The summed E-state index contributed by atoms with van der Waals surface area (Å²) in [5, 5.41) is 0. The Morgan fingerprint density at radius 2 is 2.06 bits per heavy atom. The lowest BCUT2D eigenvalue weighted by molar-refractivity contribution is -0.320. The summed E-state index contributed by atoms with van der Waals surface area (Å²) in [4.78, 5) is 0. The van der Waals surface area contributed by atoms with Crippen LogP contribution in [0.1, 0.15) is 39.5 Å². The third-order valence-corrected chi connectivity index (χ3v) is 4.86. The molecular weight excluding hydrogens is 227 g/mol. The van der Waals surface area contributed by atoms with Gasteiger partial charge in [0.05, 0.1) is 18.8 Å². The van der Waals surface area contributed by atoms with E-state index in [1.54, 1.807) is 0 Å². The number of ether oxygens (including phenoxy) is 3. The SMILES string of the molecule is [B]C1O[C@]2(COCCCC)C(CCC)C3OC1C32. The molecule has 6 atom stereocenters. The third kappa shape index (κ3) is 1.62. The second-order valence-electron chi connectivity index (χ2n) is 5.93. The summed E-state index contributed by atoms with van der Waals surface area (Å²) in [6, 6.07) is -0.247. The van der Waals surface area contributed by atoms with E-state index in [0.717, 1.165) is 25.9 Å². The van der Waals surface area contributed by atoms with Crippen LogP contribution in [0.15, 0.2) is 0 Å². The predicted octanol–water partition coefficient (Wildman–Crippen LogP) is 1.88. The molecule has 0 aromatic carbocycles. The first-order valence-corrected chi connectivity index (χ1v) is 7.41. The highest BCUT2D eigenvalue weighted by atomic mass is 16.6. The lowest BCUT2D eigenvalue weighted by Gasteiger charge is -2.63. The maximum Gasteiger partial charge on any atom is 0.112 e. The second-order valence-corrected chi connectivity index (χ2v) is 5.93. The summed E-state index contributed by atoms with van der Waals surface area (Å²) in [5.41, 5.74) is -0.128. The minimum Gasteiger partial charge on any atom is -0.378 e. The van der Waals surface area contributed by atoms with Crippen molar-refractivity contribution in [2.45, 2.75) is 63.3 Å². The molecule has 2 radical (unpaired) electrons. The lowest BCUT2D eigenvalue weighted by Crippen LogP contribution is -2.75. The molecule has 100 valence electrons. The molecule has 1 aliphatic carbocycles. The van der Waals surface area contributed by atoms with Gasteiger partial charge in [0.15, 0.2) is 0 Å². The molecule has 0 spiro atoms. The molecule has 4 heteroatoms. The molecule has 3 fully saturated rings. The number of hydrogen-bond donors (Lipinski definition) is 0. The van der Waals surface area contributed by atoms with Crippen molar-refractivity contribution < 1.29 is 14.2 Å². The van der Waals surface area contributed by atoms with E-state index in [1.165, 1.54) is 6.42 Å². The van der Waals surface area contributed by atoms with Crippen molar-refractivity contribution in [3.8, 4) is 0 Å². The molecule has 0 aromatic rings. The van der Waals surface area contributed by atoms with Gasteiger partial charge in [0, 0.05) is 24.4 Å². The molecule has 2 heterocycles. The molecule has 0 aromatic heterocycles. The average Bonchev–Trinajstić information content (AvgIpc) is 2.41. The van der Waals surface area contributed by atoms with E-state index in [2.05, 4.69) is 13.8 Å². The van der Waals surface area contributed by atoms with Gasteiger partial charge in [-0.3, -0.25) is 0 Å². The van der Waals surface area contributed by atoms with Gasteiger partial charge in [-0.25, -0.2) is 0 Å². The van der Waals surface area contributed by atoms with E-state index in [9.17, 15) is 0 Å². The first-order valence-electron chi connectivity index (χ1n) is 7.41. The van der Waals surface area contributed by atoms with Crippen LogP contribution in [0.5, 0.6) is 0 Å². The average molecular weight is 250 g/mol. The third-order valence-electron chi connectivity index (χ3n) is 4.86. The fraction of sp³-hybridized carbons (Fsp3) is 1.00. The Labute approximate surface area is 111 Å². The molecule has 3 nitrogen and oxygen atoms in total. The van der Waals surface area contributed by atoms with E-state index in [4.69, 9.17) is 22.1 Å². The van der Waals surface area contributed by atoms with Crippen molar-refractivity contribution >= 4 is 7.85 Å². The summed E-state index contributed by atoms with van der Waals surface area (Å²) < 4.78 is 17.8. The van der Waals surface area contributed by atoms with Crippen molar-refractivity contribution in [1.82, 2.24) is 0 Å². The summed E-state index contributed by atoms with van der Waals surface area (Å²) >= 11 is 0. The molecule has 0 bridgehead atoms. The van der Waals surface area contributed by atoms with Crippen molar-refractivity contribution in [2.75, 3.05) is 13.2 Å². The van der Waals surface area contributed by atoms with Gasteiger partial charge in [0.2, 0.25) is 0 Å². The van der Waals surface area contributed by atoms with E-state index in [0.29, 0.717) is 24.5 Å². The van der Waals surface area contributed by atoms with Gasteiger partial charge in [-0.1, -0.05) is 26.7 Å². The highest BCUT2D eigenvalue weighted by molar-refractivity contribution is 6.11. The van der Waals surface area contributed by atoms with Crippen molar-refractivity contribution in [2.24, 2.45) is 11.8 Å². The topological polar surface area (TPSA) is 27.7 Å². The Hall–Kier alpha value is -0.0551. The molecule has 3 aliphatic rings. The second kappa shape index (κ2) is 4.80. The van der Waals surface area contributed by atoms with Crippen LogP contribution in [-0.4, -0.2) is 44.9 Å². The first kappa shape index (κ1) is 13.0. The van der Waals surface area contributed by atoms with Crippen LogP contribution in [0.3, 0.4) is 0 Å². The van der Waals surface area contributed by atoms with Crippen molar-refractivity contribution in [3.63, 3.8) is 0 Å². The van der Waals surface area contributed by atoms with Gasteiger partial charge >= 0.3 is 0 Å². The summed E-state index contributed by atoms with van der Waals surface area (Å²) in [6.07, 6.45) is 5.11. The Balaban J connectivity index is 1.63. The normalized spacial score (nSPS) is 48.4. The number of rotatable bonds is 7. The first-order chi connectivity index (χ1) is 8.74. The van der Waals surface area contributed by atoms with E-state index < -0.39 is 0 Å². The fourth-order valence-electron chi connectivity index (χ4n) is 3.96. The molecule has 18 heavy (non-hydrogen) atoms. The van der Waals surface area contributed by atoms with E-state index >= 15 is 0 Å². The minimum absolute atomic E-state index is 0.123. The zero-order valence-corrected chi connectivity index (χ0v) is 11.4. The van der Waals surface area contributed by atoms with Gasteiger partial charge in [0.1, 0.15) is 13.4 Å². The quantitative estimate of drug-likeness (QED) is 0.510. The largest absolute Gasteiger partial charge is 0.378 e. The standard InChI is InChI=1S/C14H23BO3/c1-3-5-7-16-8-14-9(6-4-2)11-10(14)12(17-11)13(15)18-14/h9-13H,3-8H2,1-2H3/t9?,10?,11?,12?,13?,14-/m1/s1. The van der Waals surface area contributed by atoms with Crippen LogP contribution in [0, 0.1) is 11.8 Å². The smallest absolute Gasteiger partial charge is 0.112 e. The minimum atomic E-state index is -0.247. The Kier molecular flexibility index (Phi) is 3.46. The van der Waals surface area contributed by atoms with Gasteiger partial charge in [-0.05, 0) is 12.8 Å². The molecular formula is C14H23BO3. The fourth-order valence-corrected chi connectivity index (χ4v) is 3.96. The number of hydrogen-bond acceptors (Lipinski definition) is 3. The van der Waals surface area contributed by atoms with Crippen LogP contribution in [0.25, 0.3) is 0 Å². The maximum absolute atomic E-state index is 6.07. The van der Waals surface area contributed by atoms with Crippen LogP contribution < -0.4 is 0 Å². The van der Waals surface area contributed by atoms with Crippen molar-refractivity contribution in [1.29, 1.82) is 0 Å².